The van der Waals surface area contributed by atoms with E-state index in [1.165, 1.54) is 0 Å². The molecule has 0 aliphatic carbocycles. The zero-order valence-electron chi connectivity index (χ0n) is 9.26. The Morgan fingerprint density at radius 3 is 2.69 bits per heavy atom. The predicted octanol–water partition coefficient (Wildman–Crippen LogP) is 0.0269. The van der Waals surface area contributed by atoms with E-state index in [4.69, 9.17) is 4.74 Å². The summed E-state index contributed by atoms with van der Waals surface area (Å²) in [5, 5.41) is 9.51. The van der Waals surface area contributed by atoms with Crippen molar-refractivity contribution in [1.29, 1.82) is 0 Å². The van der Waals surface area contributed by atoms with Crippen molar-refractivity contribution in [2.24, 2.45) is 0 Å². The van der Waals surface area contributed by atoms with Gasteiger partial charge in [0.25, 0.3) is 0 Å². The molecule has 0 saturated carbocycles. The average Bonchev–Trinajstić information content (AvgIpc) is 2.16. The van der Waals surface area contributed by atoms with Crippen molar-refractivity contribution in [2.45, 2.75) is 13.3 Å². The lowest BCUT2D eigenvalue weighted by Gasteiger charge is -2.25. The summed E-state index contributed by atoms with van der Waals surface area (Å²) in [7, 11) is -3.35. The van der Waals surface area contributed by atoms with Crippen LogP contribution in [0.2, 0.25) is 0 Å². The molecule has 0 spiro atoms. The standard InChI is InChI=1S/C9H15NO5S/c1-3-15-9(12)7-6-10(16(2,13)14)5-4-8(7)11/h11H,3-6H2,1-2H3. The van der Waals surface area contributed by atoms with E-state index in [2.05, 4.69) is 0 Å². The van der Waals surface area contributed by atoms with Crippen molar-refractivity contribution in [3.8, 4) is 0 Å². The summed E-state index contributed by atoms with van der Waals surface area (Å²) in [6, 6.07) is 0. The Morgan fingerprint density at radius 2 is 2.19 bits per heavy atom. The molecule has 0 bridgehead atoms. The third-order valence-electron chi connectivity index (χ3n) is 2.27. The van der Waals surface area contributed by atoms with E-state index in [0.717, 1.165) is 10.6 Å². The maximum atomic E-state index is 11.4. The lowest BCUT2D eigenvalue weighted by Crippen LogP contribution is -2.38. The van der Waals surface area contributed by atoms with Crippen LogP contribution in [0.25, 0.3) is 0 Å². The van der Waals surface area contributed by atoms with Crippen LogP contribution >= 0.6 is 0 Å². The van der Waals surface area contributed by atoms with Gasteiger partial charge in [-0.2, -0.15) is 4.31 Å². The SMILES string of the molecule is CCOC(=O)C1=C(O)CCN(S(C)(=O)=O)C1. The molecule has 1 aliphatic rings. The zero-order valence-corrected chi connectivity index (χ0v) is 10.1. The second-order valence-electron chi connectivity index (χ2n) is 3.49. The smallest absolute Gasteiger partial charge is 0.338 e. The van der Waals surface area contributed by atoms with E-state index in [0.29, 0.717) is 0 Å². The van der Waals surface area contributed by atoms with Crippen molar-refractivity contribution >= 4 is 16.0 Å². The van der Waals surface area contributed by atoms with E-state index in [-0.39, 0.29) is 37.4 Å². The number of hydrogen-bond acceptors (Lipinski definition) is 5. The number of carbonyl (C=O) groups is 1. The van der Waals surface area contributed by atoms with E-state index < -0.39 is 16.0 Å². The normalized spacial score (nSPS) is 18.6. The van der Waals surface area contributed by atoms with Gasteiger partial charge in [-0.3, -0.25) is 0 Å². The van der Waals surface area contributed by atoms with Crippen LogP contribution in [0.15, 0.2) is 11.3 Å². The number of hydrogen-bond donors (Lipinski definition) is 1. The summed E-state index contributed by atoms with van der Waals surface area (Å²) in [6.07, 6.45) is 1.21. The Balaban J connectivity index is 2.88. The average molecular weight is 249 g/mol. The van der Waals surface area contributed by atoms with Gasteiger partial charge in [0.1, 0.15) is 5.76 Å². The van der Waals surface area contributed by atoms with Crippen LogP contribution in [-0.2, 0) is 19.6 Å². The molecule has 0 atom stereocenters. The molecule has 6 nitrogen and oxygen atoms in total. The Hall–Kier alpha value is -1.08. The van der Waals surface area contributed by atoms with Gasteiger partial charge in [-0.15, -0.1) is 0 Å². The summed E-state index contributed by atoms with van der Waals surface area (Å²) < 4.78 is 28.4. The van der Waals surface area contributed by atoms with Gasteiger partial charge in [0.15, 0.2) is 0 Å². The first-order valence-electron chi connectivity index (χ1n) is 4.89. The molecule has 0 aromatic rings. The van der Waals surface area contributed by atoms with Gasteiger partial charge in [0, 0.05) is 19.5 Å². The summed E-state index contributed by atoms with van der Waals surface area (Å²) in [5.41, 5.74) is 0.0264. The summed E-state index contributed by atoms with van der Waals surface area (Å²) in [4.78, 5) is 11.4. The lowest BCUT2D eigenvalue weighted by molar-refractivity contribution is -0.139. The van der Waals surface area contributed by atoms with E-state index >= 15 is 0 Å². The Morgan fingerprint density at radius 1 is 1.56 bits per heavy atom. The number of ether oxygens (including phenoxy) is 1. The molecule has 1 heterocycles. The van der Waals surface area contributed by atoms with Crippen molar-refractivity contribution in [1.82, 2.24) is 4.31 Å². The highest BCUT2D eigenvalue weighted by Gasteiger charge is 2.29. The van der Waals surface area contributed by atoms with Crippen LogP contribution in [0.5, 0.6) is 0 Å². The minimum atomic E-state index is -3.35. The van der Waals surface area contributed by atoms with E-state index in [1.807, 2.05) is 0 Å². The Bertz CT molecular complexity index is 412. The van der Waals surface area contributed by atoms with Gasteiger partial charge >= 0.3 is 5.97 Å². The molecule has 0 radical (unpaired) electrons. The van der Waals surface area contributed by atoms with Gasteiger partial charge in [-0.25, -0.2) is 13.2 Å². The van der Waals surface area contributed by atoms with Gasteiger partial charge in [-0.05, 0) is 6.92 Å². The largest absolute Gasteiger partial charge is 0.512 e. The molecule has 0 aromatic heterocycles. The number of esters is 1. The highest BCUT2D eigenvalue weighted by Crippen LogP contribution is 2.18. The van der Waals surface area contributed by atoms with Crippen molar-refractivity contribution in [3.05, 3.63) is 11.3 Å². The first-order chi connectivity index (χ1) is 7.36. The number of carbonyl (C=O) groups excluding carboxylic acids is 1. The highest BCUT2D eigenvalue weighted by molar-refractivity contribution is 7.88. The van der Waals surface area contributed by atoms with Crippen LogP contribution < -0.4 is 0 Å². The fraction of sp³-hybridized carbons (Fsp3) is 0.667. The van der Waals surface area contributed by atoms with Crippen LogP contribution in [-0.4, -0.2) is 49.8 Å². The second-order valence-corrected chi connectivity index (χ2v) is 5.47. The van der Waals surface area contributed by atoms with Gasteiger partial charge in [0.05, 0.1) is 18.4 Å². The van der Waals surface area contributed by atoms with E-state index in [9.17, 15) is 18.3 Å². The molecule has 0 unspecified atom stereocenters. The molecule has 0 saturated heterocycles. The molecular weight excluding hydrogens is 234 g/mol. The first-order valence-corrected chi connectivity index (χ1v) is 6.74. The molecule has 16 heavy (non-hydrogen) atoms. The van der Waals surface area contributed by atoms with Crippen molar-refractivity contribution in [3.63, 3.8) is 0 Å². The van der Waals surface area contributed by atoms with Gasteiger partial charge < -0.3 is 9.84 Å². The molecule has 0 fully saturated rings. The molecular formula is C9H15NO5S. The lowest BCUT2D eigenvalue weighted by atomic mass is 10.1. The molecule has 92 valence electrons. The maximum absolute atomic E-state index is 11.4. The number of sulfonamides is 1. The minimum absolute atomic E-state index is 0.0264. The molecule has 1 N–H and O–H groups in total. The maximum Gasteiger partial charge on any atom is 0.338 e. The molecule has 0 amide bonds. The fourth-order valence-corrected chi connectivity index (χ4v) is 2.20. The summed E-state index contributed by atoms with van der Waals surface area (Å²) in [5.74, 6) is -0.744. The molecule has 1 rings (SSSR count). The number of aliphatic hydroxyl groups excluding tert-OH is 1. The van der Waals surface area contributed by atoms with Gasteiger partial charge in [0.2, 0.25) is 10.0 Å². The molecule has 7 heteroatoms. The van der Waals surface area contributed by atoms with E-state index in [1.54, 1.807) is 6.92 Å². The van der Waals surface area contributed by atoms with Crippen LogP contribution in [0.1, 0.15) is 13.3 Å². The highest BCUT2D eigenvalue weighted by atomic mass is 32.2. The Kier molecular flexibility index (Phi) is 3.93. The quantitative estimate of drug-likeness (QED) is 0.713. The number of rotatable bonds is 3. The van der Waals surface area contributed by atoms with Crippen LogP contribution in [0, 0.1) is 0 Å². The number of nitrogens with zero attached hydrogens (tertiary/aromatic N) is 1. The third kappa shape index (κ3) is 2.96. The van der Waals surface area contributed by atoms with Crippen LogP contribution in [0.4, 0.5) is 0 Å². The molecule has 1 aliphatic heterocycles. The fourth-order valence-electron chi connectivity index (χ4n) is 1.41. The summed E-state index contributed by atoms with van der Waals surface area (Å²) in [6.45, 7) is 1.90. The zero-order chi connectivity index (χ0) is 12.3. The predicted molar refractivity (Wildman–Crippen MR) is 57.3 cm³/mol. The van der Waals surface area contributed by atoms with Crippen molar-refractivity contribution in [2.75, 3.05) is 26.0 Å². The molecule has 0 aromatic carbocycles. The monoisotopic (exact) mass is 249 g/mol. The number of aliphatic hydroxyl groups is 1. The second kappa shape index (κ2) is 4.84. The van der Waals surface area contributed by atoms with Crippen LogP contribution in [0.3, 0.4) is 0 Å². The first kappa shape index (κ1) is 13.0. The van der Waals surface area contributed by atoms with Crippen molar-refractivity contribution < 1.29 is 23.1 Å². The third-order valence-corrected chi connectivity index (χ3v) is 3.52. The topological polar surface area (TPSA) is 83.9 Å². The minimum Gasteiger partial charge on any atom is -0.512 e. The Labute approximate surface area is 94.6 Å². The van der Waals surface area contributed by atoms with Gasteiger partial charge in [-0.1, -0.05) is 0 Å². The summed E-state index contributed by atoms with van der Waals surface area (Å²) >= 11 is 0.